The van der Waals surface area contributed by atoms with Crippen LogP contribution >= 0.6 is 12.4 Å². The minimum absolute atomic E-state index is 0. The molecular formula is C12H19ClN2O. The first-order valence-corrected chi connectivity index (χ1v) is 5.17. The Morgan fingerprint density at radius 2 is 2.00 bits per heavy atom. The number of hydrogen-bond acceptors (Lipinski definition) is 2. The van der Waals surface area contributed by atoms with Gasteiger partial charge in [0.15, 0.2) is 0 Å². The van der Waals surface area contributed by atoms with Gasteiger partial charge in [-0.1, -0.05) is 26.0 Å². The highest BCUT2D eigenvalue weighted by Crippen LogP contribution is 2.17. The molecule has 0 atom stereocenters. The summed E-state index contributed by atoms with van der Waals surface area (Å²) in [5.74, 6) is 1.37. The first-order chi connectivity index (χ1) is 7.11. The van der Waals surface area contributed by atoms with E-state index >= 15 is 0 Å². The highest BCUT2D eigenvalue weighted by Gasteiger charge is 2.05. The normalized spacial score (nSPS) is 9.69. The molecule has 0 saturated heterocycles. The van der Waals surface area contributed by atoms with Crippen LogP contribution in [0.25, 0.3) is 0 Å². The predicted molar refractivity (Wildman–Crippen MR) is 69.7 cm³/mol. The third-order valence-corrected chi connectivity index (χ3v) is 2.13. The summed E-state index contributed by atoms with van der Waals surface area (Å²) in [7, 11) is 0. The molecule has 0 aliphatic carbocycles. The molecule has 0 heterocycles. The predicted octanol–water partition coefficient (Wildman–Crippen LogP) is 2.82. The smallest absolute Gasteiger partial charge is 0.130 e. The Morgan fingerprint density at radius 1 is 1.38 bits per heavy atom. The molecule has 0 aromatic heterocycles. The zero-order valence-electron chi connectivity index (χ0n) is 9.69. The minimum Gasteiger partial charge on any atom is -0.493 e. The summed E-state index contributed by atoms with van der Waals surface area (Å²) in [4.78, 5) is 0. The van der Waals surface area contributed by atoms with Crippen LogP contribution in [-0.4, -0.2) is 12.4 Å². The van der Waals surface area contributed by atoms with Crippen molar-refractivity contribution in [1.82, 2.24) is 0 Å². The third kappa shape index (κ3) is 4.53. The lowest BCUT2D eigenvalue weighted by atomic mass is 10.1. The van der Waals surface area contributed by atoms with E-state index in [1.807, 2.05) is 18.2 Å². The van der Waals surface area contributed by atoms with Crippen LogP contribution in [0.4, 0.5) is 0 Å². The SMILES string of the molecule is CC(C)CCOc1ccccc1C(=N)N.Cl. The molecule has 0 spiro atoms. The Balaban J connectivity index is 0.00000225. The Kier molecular flexibility index (Phi) is 6.58. The lowest BCUT2D eigenvalue weighted by Crippen LogP contribution is -2.13. The van der Waals surface area contributed by atoms with E-state index < -0.39 is 0 Å². The van der Waals surface area contributed by atoms with Crippen LogP contribution in [0.2, 0.25) is 0 Å². The van der Waals surface area contributed by atoms with Crippen LogP contribution in [0, 0.1) is 11.3 Å². The summed E-state index contributed by atoms with van der Waals surface area (Å²) >= 11 is 0. The van der Waals surface area contributed by atoms with Gasteiger partial charge in [-0.2, -0.15) is 0 Å². The van der Waals surface area contributed by atoms with E-state index in [1.165, 1.54) is 0 Å². The average Bonchev–Trinajstić information content (AvgIpc) is 2.17. The van der Waals surface area contributed by atoms with Crippen LogP contribution in [-0.2, 0) is 0 Å². The fourth-order valence-corrected chi connectivity index (χ4v) is 1.22. The molecule has 0 aliphatic heterocycles. The second kappa shape index (κ2) is 7.12. The number of rotatable bonds is 5. The highest BCUT2D eigenvalue weighted by atomic mass is 35.5. The van der Waals surface area contributed by atoms with Gasteiger partial charge in [-0.25, -0.2) is 0 Å². The topological polar surface area (TPSA) is 59.1 Å². The van der Waals surface area contributed by atoms with E-state index in [2.05, 4.69) is 13.8 Å². The highest BCUT2D eigenvalue weighted by molar-refractivity contribution is 5.97. The maximum absolute atomic E-state index is 7.39. The van der Waals surface area contributed by atoms with Gasteiger partial charge < -0.3 is 10.5 Å². The molecule has 90 valence electrons. The molecule has 16 heavy (non-hydrogen) atoms. The number of benzene rings is 1. The number of halogens is 1. The van der Waals surface area contributed by atoms with Crippen molar-refractivity contribution in [3.63, 3.8) is 0 Å². The molecule has 0 radical (unpaired) electrons. The van der Waals surface area contributed by atoms with E-state index in [-0.39, 0.29) is 18.2 Å². The summed E-state index contributed by atoms with van der Waals surface area (Å²) in [6, 6.07) is 7.38. The Hall–Kier alpha value is -1.22. The van der Waals surface area contributed by atoms with Crippen LogP contribution in [0.3, 0.4) is 0 Å². The number of nitrogen functional groups attached to an aromatic ring is 1. The first kappa shape index (κ1) is 14.8. The van der Waals surface area contributed by atoms with E-state index in [9.17, 15) is 0 Å². The molecule has 1 rings (SSSR count). The van der Waals surface area contributed by atoms with Gasteiger partial charge in [0.2, 0.25) is 0 Å². The molecule has 0 aliphatic rings. The molecule has 0 amide bonds. The summed E-state index contributed by atoms with van der Waals surface area (Å²) in [5.41, 5.74) is 6.12. The van der Waals surface area contributed by atoms with Crippen LogP contribution in [0.5, 0.6) is 5.75 Å². The van der Waals surface area contributed by atoms with Gasteiger partial charge in [-0.05, 0) is 24.5 Å². The molecule has 4 heteroatoms. The monoisotopic (exact) mass is 242 g/mol. The minimum atomic E-state index is 0. The fraction of sp³-hybridized carbons (Fsp3) is 0.417. The number of ether oxygens (including phenoxy) is 1. The van der Waals surface area contributed by atoms with Crippen molar-refractivity contribution < 1.29 is 4.74 Å². The molecule has 1 aromatic rings. The maximum atomic E-state index is 7.39. The summed E-state index contributed by atoms with van der Waals surface area (Å²) in [6.45, 7) is 4.97. The van der Waals surface area contributed by atoms with Crippen molar-refractivity contribution in [2.45, 2.75) is 20.3 Å². The number of nitrogens with two attached hydrogens (primary N) is 1. The molecule has 0 fully saturated rings. The second-order valence-corrected chi connectivity index (χ2v) is 3.94. The molecule has 0 unspecified atom stereocenters. The van der Waals surface area contributed by atoms with Gasteiger partial charge >= 0.3 is 0 Å². The van der Waals surface area contributed by atoms with Crippen molar-refractivity contribution in [2.75, 3.05) is 6.61 Å². The fourth-order valence-electron chi connectivity index (χ4n) is 1.22. The van der Waals surface area contributed by atoms with E-state index in [1.54, 1.807) is 6.07 Å². The van der Waals surface area contributed by atoms with E-state index in [0.29, 0.717) is 23.8 Å². The summed E-state index contributed by atoms with van der Waals surface area (Å²) < 4.78 is 5.59. The van der Waals surface area contributed by atoms with Gasteiger partial charge in [0, 0.05) is 0 Å². The lowest BCUT2D eigenvalue weighted by Gasteiger charge is -2.11. The van der Waals surface area contributed by atoms with Gasteiger partial charge in [-0.15, -0.1) is 12.4 Å². The van der Waals surface area contributed by atoms with Crippen molar-refractivity contribution in [3.8, 4) is 5.75 Å². The third-order valence-electron chi connectivity index (χ3n) is 2.13. The number of hydrogen-bond donors (Lipinski definition) is 2. The van der Waals surface area contributed by atoms with Crippen LogP contribution in [0.15, 0.2) is 24.3 Å². The van der Waals surface area contributed by atoms with Crippen molar-refractivity contribution >= 4 is 18.2 Å². The lowest BCUT2D eigenvalue weighted by molar-refractivity contribution is 0.289. The van der Waals surface area contributed by atoms with E-state index in [0.717, 1.165) is 6.42 Å². The van der Waals surface area contributed by atoms with Gasteiger partial charge in [-0.3, -0.25) is 5.41 Å². The Bertz CT molecular complexity index is 340. The zero-order valence-corrected chi connectivity index (χ0v) is 10.5. The first-order valence-electron chi connectivity index (χ1n) is 5.17. The zero-order chi connectivity index (χ0) is 11.3. The standard InChI is InChI=1S/C12H18N2O.ClH/c1-9(2)7-8-15-11-6-4-3-5-10(11)12(13)14;/h3-6,9H,7-8H2,1-2H3,(H3,13,14);1H. The van der Waals surface area contributed by atoms with Gasteiger partial charge in [0.05, 0.1) is 12.2 Å². The largest absolute Gasteiger partial charge is 0.493 e. The molecule has 0 saturated carbocycles. The molecular weight excluding hydrogens is 224 g/mol. The number of nitrogens with one attached hydrogen (secondary N) is 1. The molecule has 0 bridgehead atoms. The Labute approximate surface area is 103 Å². The quantitative estimate of drug-likeness (QED) is 0.616. The van der Waals surface area contributed by atoms with Gasteiger partial charge in [0.25, 0.3) is 0 Å². The van der Waals surface area contributed by atoms with E-state index in [4.69, 9.17) is 15.9 Å². The summed E-state index contributed by atoms with van der Waals surface area (Å²) in [6.07, 6.45) is 1.01. The van der Waals surface area contributed by atoms with Gasteiger partial charge in [0.1, 0.15) is 11.6 Å². The number of amidine groups is 1. The van der Waals surface area contributed by atoms with Crippen molar-refractivity contribution in [2.24, 2.45) is 11.7 Å². The average molecular weight is 243 g/mol. The molecule has 3 N–H and O–H groups in total. The maximum Gasteiger partial charge on any atom is 0.130 e. The molecule has 3 nitrogen and oxygen atoms in total. The van der Waals surface area contributed by atoms with Crippen molar-refractivity contribution in [3.05, 3.63) is 29.8 Å². The van der Waals surface area contributed by atoms with Crippen molar-refractivity contribution in [1.29, 1.82) is 5.41 Å². The second-order valence-electron chi connectivity index (χ2n) is 3.94. The molecule has 1 aromatic carbocycles. The summed E-state index contributed by atoms with van der Waals surface area (Å²) in [5, 5.41) is 7.39. The number of para-hydroxylation sites is 1. The van der Waals surface area contributed by atoms with Crippen LogP contribution in [0.1, 0.15) is 25.8 Å². The Morgan fingerprint density at radius 3 is 2.56 bits per heavy atom. The van der Waals surface area contributed by atoms with Crippen LogP contribution < -0.4 is 10.5 Å².